The summed E-state index contributed by atoms with van der Waals surface area (Å²) in [6, 6.07) is 7.40. The van der Waals surface area contributed by atoms with E-state index >= 15 is 0 Å². The van der Waals surface area contributed by atoms with Gasteiger partial charge in [0.15, 0.2) is 0 Å². The number of carbonyl (C=O) groups excluding carboxylic acids is 1. The summed E-state index contributed by atoms with van der Waals surface area (Å²) >= 11 is 1.65. The molecule has 0 aliphatic rings. The lowest BCUT2D eigenvalue weighted by Crippen LogP contribution is -2.14. The minimum Gasteiger partial charge on any atom is -0.461 e. The van der Waals surface area contributed by atoms with Crippen LogP contribution in [-0.2, 0) is 4.74 Å². The molecule has 0 saturated carbocycles. The van der Waals surface area contributed by atoms with Gasteiger partial charge in [-0.2, -0.15) is 11.8 Å². The first-order chi connectivity index (χ1) is 8.20. The third kappa shape index (κ3) is 4.15. The van der Waals surface area contributed by atoms with Crippen LogP contribution in [0.25, 0.3) is 0 Å². The molecule has 0 N–H and O–H groups in total. The molecular formula is C12H15B2O2S. The molecule has 17 heavy (non-hydrogen) atoms. The van der Waals surface area contributed by atoms with Crippen LogP contribution in [-0.4, -0.2) is 39.5 Å². The molecule has 5 heteroatoms. The Morgan fingerprint density at radius 1 is 1.53 bits per heavy atom. The minimum atomic E-state index is -0.275. The Labute approximate surface area is 109 Å². The van der Waals surface area contributed by atoms with Crippen LogP contribution in [0.3, 0.4) is 0 Å². The number of hydrogen-bond donors (Lipinski definition) is 0. The molecule has 0 amide bonds. The molecular weight excluding hydrogens is 230 g/mol. The highest BCUT2D eigenvalue weighted by molar-refractivity contribution is 7.98. The van der Waals surface area contributed by atoms with Crippen molar-refractivity contribution in [2.45, 2.75) is 12.7 Å². The van der Waals surface area contributed by atoms with E-state index in [-0.39, 0.29) is 11.8 Å². The largest absolute Gasteiger partial charge is 0.461 e. The Kier molecular flexibility index (Phi) is 6.27. The maximum atomic E-state index is 11.9. The zero-order chi connectivity index (χ0) is 12.7. The number of rotatable bonds is 6. The highest BCUT2D eigenvalue weighted by atomic mass is 32.2. The lowest BCUT2D eigenvalue weighted by molar-refractivity contribution is 0.0529. The van der Waals surface area contributed by atoms with Gasteiger partial charge in [-0.15, -0.1) is 0 Å². The van der Waals surface area contributed by atoms with E-state index in [2.05, 4.69) is 0 Å². The van der Waals surface area contributed by atoms with Gasteiger partial charge in [0.2, 0.25) is 0 Å². The van der Waals surface area contributed by atoms with Crippen LogP contribution < -0.4 is 0 Å². The van der Waals surface area contributed by atoms with Gasteiger partial charge in [-0.05, 0) is 17.9 Å². The van der Waals surface area contributed by atoms with E-state index in [9.17, 15) is 4.79 Å². The number of ether oxygens (including phenoxy) is 1. The molecule has 0 heterocycles. The van der Waals surface area contributed by atoms with Gasteiger partial charge in [0.25, 0.3) is 0 Å². The molecule has 87 valence electrons. The van der Waals surface area contributed by atoms with Crippen LogP contribution in [0.15, 0.2) is 24.3 Å². The molecule has 1 unspecified atom stereocenters. The second-order valence-electron chi connectivity index (χ2n) is 3.70. The van der Waals surface area contributed by atoms with E-state index < -0.39 is 0 Å². The first-order valence-corrected chi connectivity index (χ1v) is 6.90. The summed E-state index contributed by atoms with van der Waals surface area (Å²) in [4.78, 5) is 11.9. The van der Waals surface area contributed by atoms with Gasteiger partial charge < -0.3 is 4.74 Å². The molecule has 0 bridgehead atoms. The topological polar surface area (TPSA) is 26.3 Å². The maximum Gasteiger partial charge on any atom is 0.338 e. The maximum absolute atomic E-state index is 11.9. The van der Waals surface area contributed by atoms with Crippen molar-refractivity contribution in [1.82, 2.24) is 0 Å². The van der Waals surface area contributed by atoms with Crippen LogP contribution >= 0.6 is 11.8 Å². The standard InChI is InChI=1S/C12H15B2O2S/c1-9(14-13)10-5-3-4-6-11(10)12(15)16-7-8-17-2/h3-6,9H,7-8H2,1-2H3. The summed E-state index contributed by atoms with van der Waals surface area (Å²) in [6.45, 7) is 2.39. The average Bonchev–Trinajstić information content (AvgIpc) is 2.38. The van der Waals surface area contributed by atoms with E-state index in [1.54, 1.807) is 25.0 Å². The summed E-state index contributed by atoms with van der Waals surface area (Å²) in [5, 5.41) is 0. The number of hydrogen-bond acceptors (Lipinski definition) is 3. The highest BCUT2D eigenvalue weighted by Crippen LogP contribution is 2.19. The predicted octanol–water partition coefficient (Wildman–Crippen LogP) is 2.06. The quantitative estimate of drug-likeness (QED) is 0.436. The van der Waals surface area contributed by atoms with E-state index in [0.29, 0.717) is 12.2 Å². The van der Waals surface area contributed by atoms with Crippen molar-refractivity contribution in [3.63, 3.8) is 0 Å². The molecule has 0 aliphatic carbocycles. The van der Waals surface area contributed by atoms with Gasteiger partial charge in [-0.3, -0.25) is 0 Å². The zero-order valence-electron chi connectivity index (χ0n) is 10.2. The third-order valence-electron chi connectivity index (χ3n) is 2.48. The lowest BCUT2D eigenvalue weighted by atomic mass is 9.46. The summed E-state index contributed by atoms with van der Waals surface area (Å²) in [6.07, 6.45) is 1.98. The Hall–Kier alpha value is -0.830. The molecule has 0 aromatic heterocycles. The molecule has 0 saturated heterocycles. The first kappa shape index (κ1) is 14.2. The average molecular weight is 245 g/mol. The fraction of sp³-hybridized carbons (Fsp3) is 0.417. The fourth-order valence-corrected chi connectivity index (χ4v) is 1.73. The molecule has 1 rings (SSSR count). The predicted molar refractivity (Wildman–Crippen MR) is 75.0 cm³/mol. The molecule has 0 aliphatic heterocycles. The summed E-state index contributed by atoms with van der Waals surface area (Å²) in [7, 11) is 7.09. The molecule has 3 radical (unpaired) electrons. The van der Waals surface area contributed by atoms with Gasteiger partial charge in [-0.1, -0.05) is 30.9 Å². The Morgan fingerprint density at radius 2 is 2.24 bits per heavy atom. The molecule has 0 spiro atoms. The lowest BCUT2D eigenvalue weighted by Gasteiger charge is -2.14. The van der Waals surface area contributed by atoms with Crippen LogP contribution in [0.4, 0.5) is 0 Å². The van der Waals surface area contributed by atoms with Crippen LogP contribution in [0, 0.1) is 0 Å². The van der Waals surface area contributed by atoms with Crippen LogP contribution in [0.5, 0.6) is 0 Å². The molecule has 1 atom stereocenters. The smallest absolute Gasteiger partial charge is 0.338 e. The number of esters is 1. The van der Waals surface area contributed by atoms with Crippen LogP contribution in [0.1, 0.15) is 28.7 Å². The zero-order valence-corrected chi connectivity index (χ0v) is 11.0. The summed E-state index contributed by atoms with van der Waals surface area (Å²) < 4.78 is 5.19. The van der Waals surface area contributed by atoms with Crippen molar-refractivity contribution in [2.75, 3.05) is 18.6 Å². The second-order valence-corrected chi connectivity index (χ2v) is 4.68. The van der Waals surface area contributed by atoms with Crippen molar-refractivity contribution >= 4 is 32.6 Å². The van der Waals surface area contributed by atoms with Crippen molar-refractivity contribution in [3.8, 4) is 0 Å². The van der Waals surface area contributed by atoms with Crippen molar-refractivity contribution in [2.24, 2.45) is 0 Å². The minimum absolute atomic E-state index is 0.0410. The van der Waals surface area contributed by atoms with E-state index in [4.69, 9.17) is 12.5 Å². The van der Waals surface area contributed by atoms with Gasteiger partial charge in [0.05, 0.1) is 12.7 Å². The van der Waals surface area contributed by atoms with Gasteiger partial charge in [0.1, 0.15) is 6.61 Å². The molecule has 1 aromatic carbocycles. The molecule has 2 nitrogen and oxygen atoms in total. The normalized spacial score (nSPS) is 11.9. The number of benzene rings is 1. The highest BCUT2D eigenvalue weighted by Gasteiger charge is 2.15. The Morgan fingerprint density at radius 3 is 2.88 bits per heavy atom. The van der Waals surface area contributed by atoms with Crippen LogP contribution in [0.2, 0.25) is 0 Å². The van der Waals surface area contributed by atoms with E-state index in [1.165, 1.54) is 0 Å². The Bertz CT molecular complexity index is 371. The Balaban J connectivity index is 2.78. The van der Waals surface area contributed by atoms with Gasteiger partial charge in [-0.25, -0.2) is 4.79 Å². The number of carbonyl (C=O) groups is 1. The van der Waals surface area contributed by atoms with Crippen molar-refractivity contribution < 1.29 is 9.53 Å². The summed E-state index contributed by atoms with van der Waals surface area (Å²) in [5.74, 6) is 0.578. The van der Waals surface area contributed by atoms with E-state index in [0.717, 1.165) is 11.3 Å². The monoisotopic (exact) mass is 245 g/mol. The molecule has 1 aromatic rings. The molecule has 0 fully saturated rings. The van der Waals surface area contributed by atoms with Gasteiger partial charge in [0, 0.05) is 13.5 Å². The fourth-order valence-electron chi connectivity index (χ4n) is 1.48. The van der Waals surface area contributed by atoms with E-state index in [1.807, 2.05) is 31.4 Å². The number of thioether (sulfide) groups is 1. The first-order valence-electron chi connectivity index (χ1n) is 5.50. The van der Waals surface area contributed by atoms with Crippen molar-refractivity contribution in [1.29, 1.82) is 0 Å². The van der Waals surface area contributed by atoms with Crippen molar-refractivity contribution in [3.05, 3.63) is 35.4 Å². The third-order valence-corrected chi connectivity index (χ3v) is 3.06. The SMILES string of the molecule is [B][B]C(C)c1ccccc1C(=O)OCCSC. The van der Waals surface area contributed by atoms with Gasteiger partial charge >= 0.3 is 5.97 Å². The summed E-state index contributed by atoms with van der Waals surface area (Å²) in [5.41, 5.74) is 1.51. The second kappa shape index (κ2) is 7.49.